The highest BCUT2D eigenvalue weighted by Gasteiger charge is 2.33. The van der Waals surface area contributed by atoms with Gasteiger partial charge in [-0.1, -0.05) is 11.6 Å². The number of ether oxygens (including phenoxy) is 1. The van der Waals surface area contributed by atoms with E-state index in [0.717, 1.165) is 12.8 Å². The molecule has 1 aromatic rings. The predicted octanol–water partition coefficient (Wildman–Crippen LogP) is 2.92. The molecule has 94 valence electrons. The third-order valence-electron chi connectivity index (χ3n) is 2.88. The van der Waals surface area contributed by atoms with Gasteiger partial charge >= 0.3 is 0 Å². The van der Waals surface area contributed by atoms with Gasteiger partial charge in [-0.25, -0.2) is 0 Å². The van der Waals surface area contributed by atoms with Crippen LogP contribution in [0.4, 0.5) is 0 Å². The Labute approximate surface area is 114 Å². The first-order valence-electron chi connectivity index (χ1n) is 5.37. The summed E-state index contributed by atoms with van der Waals surface area (Å²) in [5, 5.41) is 3.01. The summed E-state index contributed by atoms with van der Waals surface area (Å²) in [5.74, 6) is 0.297. The van der Waals surface area contributed by atoms with E-state index in [1.165, 1.54) is 11.3 Å². The molecule has 1 aliphatic heterocycles. The number of nitrogens with one attached hydrogen (secondary N) is 1. The lowest BCUT2D eigenvalue weighted by molar-refractivity contribution is 0.0435. The van der Waals surface area contributed by atoms with Crippen LogP contribution in [0.5, 0.6) is 0 Å². The monoisotopic (exact) mass is 293 g/mol. The molecule has 1 saturated heterocycles. The zero-order valence-electron chi connectivity index (χ0n) is 9.17. The summed E-state index contributed by atoms with van der Waals surface area (Å²) >= 11 is 13.1. The maximum absolute atomic E-state index is 12.0. The van der Waals surface area contributed by atoms with Crippen molar-refractivity contribution in [2.45, 2.75) is 18.4 Å². The fourth-order valence-electron chi connectivity index (χ4n) is 1.79. The van der Waals surface area contributed by atoms with E-state index in [4.69, 9.17) is 27.9 Å². The van der Waals surface area contributed by atoms with Crippen molar-refractivity contribution in [3.63, 3.8) is 0 Å². The molecular weight excluding hydrogens is 281 g/mol. The minimum absolute atomic E-state index is 0.107. The number of hydrogen-bond donors (Lipinski definition) is 1. The standard InChI is InChI=1S/C11H13Cl2NO2S/c12-7-11(3-5-16-6-4-11)14-10(15)8-1-2-9(13)17-8/h1-2H,3-7H2,(H,14,15). The van der Waals surface area contributed by atoms with Gasteiger partial charge in [0.2, 0.25) is 0 Å². The molecule has 1 aromatic heterocycles. The highest BCUT2D eigenvalue weighted by Crippen LogP contribution is 2.25. The molecule has 0 aliphatic carbocycles. The molecule has 1 N–H and O–H groups in total. The van der Waals surface area contributed by atoms with E-state index in [0.29, 0.717) is 28.3 Å². The van der Waals surface area contributed by atoms with Crippen molar-refractivity contribution in [3.05, 3.63) is 21.3 Å². The molecule has 1 fully saturated rings. The molecule has 2 rings (SSSR count). The van der Waals surface area contributed by atoms with Gasteiger partial charge in [0.15, 0.2) is 0 Å². The SMILES string of the molecule is O=C(NC1(CCl)CCOCC1)c1ccc(Cl)s1. The highest BCUT2D eigenvalue weighted by molar-refractivity contribution is 7.18. The fourth-order valence-corrected chi connectivity index (χ4v) is 3.07. The lowest BCUT2D eigenvalue weighted by Crippen LogP contribution is -2.53. The maximum atomic E-state index is 12.0. The van der Waals surface area contributed by atoms with Crippen LogP contribution in [0.3, 0.4) is 0 Å². The van der Waals surface area contributed by atoms with E-state index < -0.39 is 0 Å². The summed E-state index contributed by atoms with van der Waals surface area (Å²) in [5.41, 5.74) is -0.340. The quantitative estimate of drug-likeness (QED) is 0.870. The summed E-state index contributed by atoms with van der Waals surface area (Å²) in [6, 6.07) is 3.45. The average Bonchev–Trinajstić information content (AvgIpc) is 2.77. The molecule has 0 unspecified atom stereocenters. The van der Waals surface area contributed by atoms with Gasteiger partial charge in [0.05, 0.1) is 14.8 Å². The molecule has 2 heterocycles. The first-order chi connectivity index (χ1) is 8.15. The number of alkyl halides is 1. The van der Waals surface area contributed by atoms with Gasteiger partial charge in [-0.3, -0.25) is 4.79 Å². The van der Waals surface area contributed by atoms with Crippen LogP contribution in [0.1, 0.15) is 22.5 Å². The summed E-state index contributed by atoms with van der Waals surface area (Å²) in [7, 11) is 0. The summed E-state index contributed by atoms with van der Waals surface area (Å²) in [4.78, 5) is 12.6. The number of carbonyl (C=O) groups excluding carboxylic acids is 1. The van der Waals surface area contributed by atoms with Crippen molar-refractivity contribution in [1.82, 2.24) is 5.32 Å². The predicted molar refractivity (Wildman–Crippen MR) is 70.3 cm³/mol. The Hall–Kier alpha value is -0.290. The Morgan fingerprint density at radius 3 is 2.71 bits per heavy atom. The van der Waals surface area contributed by atoms with Crippen LogP contribution in [0.15, 0.2) is 12.1 Å². The van der Waals surface area contributed by atoms with Crippen molar-refractivity contribution in [1.29, 1.82) is 0 Å². The molecule has 0 atom stereocenters. The van der Waals surface area contributed by atoms with Crippen LogP contribution in [0.2, 0.25) is 4.34 Å². The van der Waals surface area contributed by atoms with Crippen molar-refractivity contribution in [2.24, 2.45) is 0 Å². The molecule has 3 nitrogen and oxygen atoms in total. The van der Waals surface area contributed by atoms with E-state index in [1.807, 2.05) is 0 Å². The number of rotatable bonds is 3. The number of hydrogen-bond acceptors (Lipinski definition) is 3. The second kappa shape index (κ2) is 5.57. The summed E-state index contributed by atoms with van der Waals surface area (Å²) in [6.07, 6.45) is 1.50. The van der Waals surface area contributed by atoms with Crippen LogP contribution < -0.4 is 5.32 Å². The second-order valence-electron chi connectivity index (χ2n) is 4.08. The molecule has 0 radical (unpaired) electrons. The average molecular weight is 294 g/mol. The molecule has 1 aliphatic rings. The zero-order chi connectivity index (χ0) is 12.3. The Kier molecular flexibility index (Phi) is 4.31. The van der Waals surface area contributed by atoms with E-state index in [-0.39, 0.29) is 11.4 Å². The van der Waals surface area contributed by atoms with Crippen LogP contribution >= 0.6 is 34.5 Å². The van der Waals surface area contributed by atoms with Crippen LogP contribution in [0, 0.1) is 0 Å². The number of halogens is 2. The largest absolute Gasteiger partial charge is 0.381 e. The van der Waals surface area contributed by atoms with E-state index in [9.17, 15) is 4.79 Å². The van der Waals surface area contributed by atoms with Gasteiger partial charge in [-0.2, -0.15) is 0 Å². The number of thiophene rings is 1. The van der Waals surface area contributed by atoms with E-state index in [1.54, 1.807) is 12.1 Å². The minimum atomic E-state index is -0.340. The molecule has 0 bridgehead atoms. The van der Waals surface area contributed by atoms with Gasteiger partial charge in [-0.15, -0.1) is 22.9 Å². The first kappa shape index (κ1) is 13.1. The topological polar surface area (TPSA) is 38.3 Å². The number of carbonyl (C=O) groups is 1. The fraction of sp³-hybridized carbons (Fsp3) is 0.545. The smallest absolute Gasteiger partial charge is 0.261 e. The zero-order valence-corrected chi connectivity index (χ0v) is 11.5. The third kappa shape index (κ3) is 3.13. The molecule has 0 spiro atoms. The minimum Gasteiger partial charge on any atom is -0.381 e. The summed E-state index contributed by atoms with van der Waals surface area (Å²) < 4.78 is 5.90. The van der Waals surface area contributed by atoms with Crippen LogP contribution in [-0.4, -0.2) is 30.5 Å². The molecule has 17 heavy (non-hydrogen) atoms. The maximum Gasteiger partial charge on any atom is 0.261 e. The summed E-state index contributed by atoms with van der Waals surface area (Å²) in [6.45, 7) is 1.27. The van der Waals surface area contributed by atoms with Gasteiger partial charge in [-0.05, 0) is 25.0 Å². The molecule has 6 heteroatoms. The van der Waals surface area contributed by atoms with Gasteiger partial charge in [0, 0.05) is 19.1 Å². The Morgan fingerprint density at radius 1 is 1.47 bits per heavy atom. The van der Waals surface area contributed by atoms with Gasteiger partial charge in [0.1, 0.15) is 0 Å². The normalized spacial score (nSPS) is 18.9. The lowest BCUT2D eigenvalue weighted by Gasteiger charge is -2.36. The first-order valence-corrected chi connectivity index (χ1v) is 7.10. The third-order valence-corrected chi connectivity index (χ3v) is 4.62. The van der Waals surface area contributed by atoms with Crippen molar-refractivity contribution in [3.8, 4) is 0 Å². The highest BCUT2D eigenvalue weighted by atomic mass is 35.5. The second-order valence-corrected chi connectivity index (χ2v) is 6.07. The molecular formula is C11H13Cl2NO2S. The van der Waals surface area contributed by atoms with E-state index >= 15 is 0 Å². The van der Waals surface area contributed by atoms with E-state index in [2.05, 4.69) is 5.32 Å². The lowest BCUT2D eigenvalue weighted by atomic mass is 9.92. The molecule has 0 saturated carbocycles. The van der Waals surface area contributed by atoms with Crippen LogP contribution in [-0.2, 0) is 4.74 Å². The van der Waals surface area contributed by atoms with Crippen molar-refractivity contribution in [2.75, 3.05) is 19.1 Å². The number of amides is 1. The molecule has 1 amide bonds. The van der Waals surface area contributed by atoms with Gasteiger partial charge in [0.25, 0.3) is 5.91 Å². The molecule has 0 aromatic carbocycles. The Balaban J connectivity index is 2.05. The Morgan fingerprint density at radius 2 is 2.18 bits per heavy atom. The van der Waals surface area contributed by atoms with Crippen molar-refractivity contribution < 1.29 is 9.53 Å². The van der Waals surface area contributed by atoms with Gasteiger partial charge < -0.3 is 10.1 Å². The van der Waals surface area contributed by atoms with Crippen molar-refractivity contribution >= 4 is 40.4 Å². The van der Waals surface area contributed by atoms with Crippen LogP contribution in [0.25, 0.3) is 0 Å². The Bertz CT molecular complexity index is 402.